The van der Waals surface area contributed by atoms with Crippen molar-refractivity contribution in [1.82, 2.24) is 0 Å². The zero-order chi connectivity index (χ0) is 53.1. The van der Waals surface area contributed by atoms with Crippen LogP contribution in [0, 0.1) is 0 Å². The second-order valence-electron chi connectivity index (χ2n) is 18.0. The smallest absolute Gasteiger partial charge is 0.462 e. The Bertz CT molecular complexity index is 1700. The van der Waals surface area contributed by atoms with E-state index >= 15 is 0 Å². The van der Waals surface area contributed by atoms with Gasteiger partial charge in [0.2, 0.25) is 0 Å². The van der Waals surface area contributed by atoms with E-state index in [1.54, 1.807) is 0 Å². The molecule has 0 bridgehead atoms. The summed E-state index contributed by atoms with van der Waals surface area (Å²) in [7, 11) is -4.41. The molecule has 10 heteroatoms. The van der Waals surface area contributed by atoms with Crippen molar-refractivity contribution in [3.05, 3.63) is 146 Å². The second-order valence-corrected chi connectivity index (χ2v) is 19.5. The zero-order valence-corrected chi connectivity index (χ0v) is 46.7. The fraction of sp³-hybridized carbons (Fsp3) is 0.587. The van der Waals surface area contributed by atoms with Crippen LogP contribution < -0.4 is 5.73 Å². The maximum Gasteiger partial charge on any atom is 0.472 e. The summed E-state index contributed by atoms with van der Waals surface area (Å²) in [6, 6.07) is 0. The van der Waals surface area contributed by atoms with Gasteiger partial charge in [0.15, 0.2) is 6.10 Å². The van der Waals surface area contributed by atoms with Crippen LogP contribution in [0.15, 0.2) is 146 Å². The standard InChI is InChI=1S/C63H102NO8P/c1-3-5-7-9-11-13-15-17-19-21-23-25-27-29-30-32-33-35-37-39-41-43-45-47-49-51-53-55-62(65)69-59-61(60-71-73(67,68)70-58-57-64)72-63(66)56-54-52-50-48-46-44-42-40-38-36-34-31-28-26-24-22-20-18-16-14-12-10-8-6-4-2/h5-8,11-14,17-20,23-26,29-31,34,38,40,44,46,61H,3-4,9-10,15-16,21-22,27-28,32-33,35-37,39,41-43,45,47-60,64H2,1-2H3,(H,67,68)/b7-5-,8-6-,13-11-,14-12-,19-17-,20-18-,25-23-,26-24-,30-29-,34-31-,40-38-,46-44-. The van der Waals surface area contributed by atoms with Gasteiger partial charge in [0.05, 0.1) is 13.2 Å². The first-order valence-corrected chi connectivity index (χ1v) is 29.8. The lowest BCUT2D eigenvalue weighted by atomic mass is 10.0. The van der Waals surface area contributed by atoms with Crippen molar-refractivity contribution in [3.63, 3.8) is 0 Å². The second kappa shape index (κ2) is 57.2. The maximum absolute atomic E-state index is 12.7. The van der Waals surface area contributed by atoms with E-state index in [2.05, 4.69) is 160 Å². The van der Waals surface area contributed by atoms with Crippen LogP contribution in [-0.2, 0) is 32.7 Å². The Morgan fingerprint density at radius 2 is 0.712 bits per heavy atom. The van der Waals surface area contributed by atoms with E-state index in [9.17, 15) is 19.0 Å². The average molecular weight is 1030 g/mol. The fourth-order valence-corrected chi connectivity index (χ4v) is 7.88. The van der Waals surface area contributed by atoms with Crippen LogP contribution in [0.25, 0.3) is 0 Å². The molecule has 0 rings (SSSR count). The first-order valence-electron chi connectivity index (χ1n) is 28.3. The zero-order valence-electron chi connectivity index (χ0n) is 45.8. The summed E-state index contributed by atoms with van der Waals surface area (Å²) in [4.78, 5) is 35.2. The van der Waals surface area contributed by atoms with Crippen molar-refractivity contribution in [1.29, 1.82) is 0 Å². The lowest BCUT2D eigenvalue weighted by Crippen LogP contribution is -2.29. The number of rotatable bonds is 51. The number of allylic oxidation sites excluding steroid dienone is 24. The number of hydrogen-bond donors (Lipinski definition) is 2. The number of hydrogen-bond acceptors (Lipinski definition) is 8. The van der Waals surface area contributed by atoms with Crippen LogP contribution in [0.4, 0.5) is 0 Å². The molecule has 0 aliphatic carbocycles. The molecule has 0 fully saturated rings. The number of carbonyl (C=O) groups is 2. The van der Waals surface area contributed by atoms with E-state index in [1.165, 1.54) is 44.9 Å². The highest BCUT2D eigenvalue weighted by atomic mass is 31.2. The first kappa shape index (κ1) is 68.9. The number of unbranched alkanes of at least 4 members (excludes halogenated alkanes) is 14. The Kier molecular flexibility index (Phi) is 54.0. The largest absolute Gasteiger partial charge is 0.472 e. The summed E-state index contributed by atoms with van der Waals surface area (Å²) < 4.78 is 33.0. The van der Waals surface area contributed by atoms with Crippen molar-refractivity contribution in [3.8, 4) is 0 Å². The van der Waals surface area contributed by atoms with E-state index in [4.69, 9.17) is 24.3 Å². The maximum atomic E-state index is 12.7. The molecule has 73 heavy (non-hydrogen) atoms. The molecule has 0 aromatic carbocycles. The monoisotopic (exact) mass is 1030 g/mol. The summed E-state index contributed by atoms with van der Waals surface area (Å²) in [5.41, 5.74) is 5.38. The van der Waals surface area contributed by atoms with E-state index in [-0.39, 0.29) is 32.6 Å². The van der Waals surface area contributed by atoms with Gasteiger partial charge >= 0.3 is 19.8 Å². The minimum atomic E-state index is -4.41. The molecular weight excluding hydrogens is 930 g/mol. The van der Waals surface area contributed by atoms with Crippen molar-refractivity contribution in [2.75, 3.05) is 26.4 Å². The molecule has 3 N–H and O–H groups in total. The number of ether oxygens (including phenoxy) is 2. The van der Waals surface area contributed by atoms with Gasteiger partial charge in [0.1, 0.15) is 6.61 Å². The van der Waals surface area contributed by atoms with Gasteiger partial charge in [-0.3, -0.25) is 18.6 Å². The van der Waals surface area contributed by atoms with E-state index < -0.39 is 32.5 Å². The van der Waals surface area contributed by atoms with Gasteiger partial charge in [-0.15, -0.1) is 0 Å². The lowest BCUT2D eigenvalue weighted by Gasteiger charge is -2.19. The third kappa shape index (κ3) is 57.0. The quantitative estimate of drug-likeness (QED) is 0.0264. The normalized spacial score (nSPS) is 14.2. The van der Waals surface area contributed by atoms with Gasteiger partial charge in [0, 0.05) is 19.4 Å². The predicted molar refractivity (Wildman–Crippen MR) is 311 cm³/mol. The minimum Gasteiger partial charge on any atom is -0.462 e. The number of phosphoric acid groups is 1. The average Bonchev–Trinajstić information content (AvgIpc) is 3.38. The third-order valence-electron chi connectivity index (χ3n) is 11.2. The molecular formula is C63H102NO8P. The Morgan fingerprint density at radius 1 is 0.411 bits per heavy atom. The van der Waals surface area contributed by atoms with Gasteiger partial charge in [-0.05, 0) is 116 Å². The molecule has 0 heterocycles. The number of phosphoric ester groups is 1. The topological polar surface area (TPSA) is 134 Å². The number of esters is 2. The van der Waals surface area contributed by atoms with E-state index in [0.29, 0.717) is 12.8 Å². The van der Waals surface area contributed by atoms with Crippen molar-refractivity contribution in [2.24, 2.45) is 5.73 Å². The highest BCUT2D eigenvalue weighted by Crippen LogP contribution is 2.43. The summed E-state index contributed by atoms with van der Waals surface area (Å²) in [6.07, 6.45) is 81.8. The highest BCUT2D eigenvalue weighted by molar-refractivity contribution is 7.47. The molecule has 0 aliphatic rings. The Labute approximate surface area is 446 Å². The van der Waals surface area contributed by atoms with E-state index in [0.717, 1.165) is 122 Å². The Balaban J connectivity index is 4.11. The van der Waals surface area contributed by atoms with E-state index in [1.807, 2.05) is 0 Å². The molecule has 0 saturated heterocycles. The minimum absolute atomic E-state index is 0.0388. The fourth-order valence-electron chi connectivity index (χ4n) is 7.11. The van der Waals surface area contributed by atoms with Crippen molar-refractivity contribution >= 4 is 19.8 Å². The third-order valence-corrected chi connectivity index (χ3v) is 12.2. The molecule has 9 nitrogen and oxygen atoms in total. The number of nitrogens with two attached hydrogens (primary N) is 1. The molecule has 0 aromatic rings. The lowest BCUT2D eigenvalue weighted by molar-refractivity contribution is -0.161. The summed E-state index contributed by atoms with van der Waals surface area (Å²) in [5.74, 6) is -0.881. The SMILES string of the molecule is CC/C=C\C/C=C\C/C=C\C/C=C\C/C=C\C/C=C\C/C=C\CCCCCC(=O)OC(COC(=O)CCCCCCCCCCCCC/C=C\C/C=C\C/C=C\C/C=C\C/C=C\CC)COP(=O)(O)OCCN. The van der Waals surface area contributed by atoms with Crippen LogP contribution in [0.5, 0.6) is 0 Å². The van der Waals surface area contributed by atoms with Gasteiger partial charge < -0.3 is 20.1 Å². The molecule has 0 amide bonds. The Morgan fingerprint density at radius 3 is 1.07 bits per heavy atom. The number of carbonyl (C=O) groups excluding carboxylic acids is 2. The molecule has 412 valence electrons. The predicted octanol–water partition coefficient (Wildman–Crippen LogP) is 18.0. The van der Waals surface area contributed by atoms with Crippen LogP contribution in [0.1, 0.15) is 206 Å². The van der Waals surface area contributed by atoms with Gasteiger partial charge in [-0.25, -0.2) is 4.57 Å². The van der Waals surface area contributed by atoms with Crippen LogP contribution in [0.2, 0.25) is 0 Å². The molecule has 0 spiro atoms. The van der Waals surface area contributed by atoms with Crippen molar-refractivity contribution < 1.29 is 37.6 Å². The molecule has 0 saturated carbocycles. The first-order chi connectivity index (χ1) is 35.8. The van der Waals surface area contributed by atoms with Crippen LogP contribution >= 0.6 is 7.82 Å². The van der Waals surface area contributed by atoms with Gasteiger partial charge in [0.25, 0.3) is 0 Å². The summed E-state index contributed by atoms with van der Waals surface area (Å²) in [5, 5.41) is 0. The van der Waals surface area contributed by atoms with Gasteiger partial charge in [-0.2, -0.15) is 0 Å². The highest BCUT2D eigenvalue weighted by Gasteiger charge is 2.26. The van der Waals surface area contributed by atoms with Crippen molar-refractivity contribution in [2.45, 2.75) is 213 Å². The Hall–Kier alpha value is -4.11. The van der Waals surface area contributed by atoms with Crippen LogP contribution in [0.3, 0.4) is 0 Å². The molecule has 2 atom stereocenters. The molecule has 0 aromatic heterocycles. The summed E-state index contributed by atoms with van der Waals surface area (Å²) >= 11 is 0. The molecule has 2 unspecified atom stereocenters. The molecule has 0 aliphatic heterocycles. The summed E-state index contributed by atoms with van der Waals surface area (Å²) in [6.45, 7) is 3.45. The van der Waals surface area contributed by atoms with Crippen LogP contribution in [-0.4, -0.2) is 49.3 Å². The molecule has 0 radical (unpaired) electrons. The van der Waals surface area contributed by atoms with Gasteiger partial charge in [-0.1, -0.05) is 224 Å².